The lowest BCUT2D eigenvalue weighted by molar-refractivity contribution is -0.120. The zero-order valence-electron chi connectivity index (χ0n) is 11.8. The van der Waals surface area contributed by atoms with Crippen molar-refractivity contribution in [3.8, 4) is 0 Å². The van der Waals surface area contributed by atoms with Crippen LogP contribution in [0.3, 0.4) is 0 Å². The summed E-state index contributed by atoms with van der Waals surface area (Å²) in [5.41, 5.74) is 0.372. The van der Waals surface area contributed by atoms with Crippen molar-refractivity contribution in [3.05, 3.63) is 33.8 Å². The van der Waals surface area contributed by atoms with Crippen LogP contribution in [0.2, 0.25) is 10.0 Å². The van der Waals surface area contributed by atoms with Gasteiger partial charge in [0.1, 0.15) is 0 Å². The molecule has 2 rings (SSSR count). The molecule has 0 saturated carbocycles. The first kappa shape index (κ1) is 19.0. The zero-order chi connectivity index (χ0) is 15.2. The average Bonchev–Trinajstić information content (AvgIpc) is 2.48. The van der Waals surface area contributed by atoms with Gasteiger partial charge < -0.3 is 16.0 Å². The highest BCUT2D eigenvalue weighted by Crippen LogP contribution is 2.22. The Kier molecular flexibility index (Phi) is 7.96. The SMILES string of the molecule is Cl.O=C(CNC(=O)c1ccc(Cl)c(Cl)c1)NC1CCCNC1. The Labute approximate surface area is 145 Å². The summed E-state index contributed by atoms with van der Waals surface area (Å²) in [5.74, 6) is -0.553. The van der Waals surface area contributed by atoms with Gasteiger partial charge in [-0.3, -0.25) is 9.59 Å². The lowest BCUT2D eigenvalue weighted by Gasteiger charge is -2.23. The number of benzene rings is 1. The summed E-state index contributed by atoms with van der Waals surface area (Å²) in [4.78, 5) is 23.7. The molecule has 22 heavy (non-hydrogen) atoms. The number of nitrogens with one attached hydrogen (secondary N) is 3. The van der Waals surface area contributed by atoms with Gasteiger partial charge in [0.05, 0.1) is 16.6 Å². The van der Waals surface area contributed by atoms with Gasteiger partial charge in [0.25, 0.3) is 5.91 Å². The Morgan fingerprint density at radius 3 is 2.68 bits per heavy atom. The normalized spacial score (nSPS) is 17.3. The smallest absolute Gasteiger partial charge is 0.251 e. The van der Waals surface area contributed by atoms with Gasteiger partial charge in [0, 0.05) is 18.2 Å². The third-order valence-electron chi connectivity index (χ3n) is 3.25. The lowest BCUT2D eigenvalue weighted by atomic mass is 10.1. The lowest BCUT2D eigenvalue weighted by Crippen LogP contribution is -2.48. The van der Waals surface area contributed by atoms with E-state index in [1.54, 1.807) is 12.1 Å². The fourth-order valence-corrected chi connectivity index (χ4v) is 2.45. The van der Waals surface area contributed by atoms with Crippen LogP contribution in [0.4, 0.5) is 0 Å². The summed E-state index contributed by atoms with van der Waals surface area (Å²) in [6.45, 7) is 1.70. The molecule has 122 valence electrons. The van der Waals surface area contributed by atoms with Gasteiger partial charge in [0.15, 0.2) is 0 Å². The highest BCUT2D eigenvalue weighted by molar-refractivity contribution is 6.42. The van der Waals surface area contributed by atoms with E-state index < -0.39 is 0 Å². The van der Waals surface area contributed by atoms with E-state index in [9.17, 15) is 9.59 Å². The van der Waals surface area contributed by atoms with Gasteiger partial charge in [0.2, 0.25) is 5.91 Å². The molecule has 2 amide bonds. The van der Waals surface area contributed by atoms with Crippen molar-refractivity contribution < 1.29 is 9.59 Å². The summed E-state index contributed by atoms with van der Waals surface area (Å²) in [6.07, 6.45) is 2.00. The minimum absolute atomic E-state index is 0. The third kappa shape index (κ3) is 5.65. The Morgan fingerprint density at radius 2 is 2.05 bits per heavy atom. The first-order chi connectivity index (χ1) is 10.1. The maximum absolute atomic E-state index is 11.9. The molecule has 0 bridgehead atoms. The van der Waals surface area contributed by atoms with E-state index in [1.165, 1.54) is 6.07 Å². The van der Waals surface area contributed by atoms with E-state index in [4.69, 9.17) is 23.2 Å². The molecule has 3 N–H and O–H groups in total. The number of carbonyl (C=O) groups is 2. The summed E-state index contributed by atoms with van der Waals surface area (Å²) in [7, 11) is 0. The largest absolute Gasteiger partial charge is 0.351 e. The predicted molar refractivity (Wildman–Crippen MR) is 90.1 cm³/mol. The van der Waals surface area contributed by atoms with Gasteiger partial charge >= 0.3 is 0 Å². The number of piperidine rings is 1. The van der Waals surface area contributed by atoms with Crippen LogP contribution in [0, 0.1) is 0 Å². The quantitative estimate of drug-likeness (QED) is 0.763. The number of carbonyl (C=O) groups excluding carboxylic acids is 2. The van der Waals surface area contributed by atoms with E-state index >= 15 is 0 Å². The highest BCUT2D eigenvalue weighted by atomic mass is 35.5. The molecule has 1 unspecified atom stereocenters. The molecule has 0 radical (unpaired) electrons. The maximum Gasteiger partial charge on any atom is 0.251 e. The van der Waals surface area contributed by atoms with Crippen molar-refractivity contribution in [3.63, 3.8) is 0 Å². The van der Waals surface area contributed by atoms with Crippen LogP contribution in [0.1, 0.15) is 23.2 Å². The van der Waals surface area contributed by atoms with E-state index in [-0.39, 0.29) is 36.8 Å². The van der Waals surface area contributed by atoms with Crippen LogP contribution in [-0.2, 0) is 4.79 Å². The molecule has 1 aliphatic heterocycles. The summed E-state index contributed by atoms with van der Waals surface area (Å²) >= 11 is 11.6. The van der Waals surface area contributed by atoms with Gasteiger partial charge in [-0.25, -0.2) is 0 Å². The van der Waals surface area contributed by atoms with Crippen LogP contribution in [0.15, 0.2) is 18.2 Å². The topological polar surface area (TPSA) is 70.2 Å². The van der Waals surface area contributed by atoms with Gasteiger partial charge in [-0.05, 0) is 37.6 Å². The zero-order valence-corrected chi connectivity index (χ0v) is 14.2. The van der Waals surface area contributed by atoms with Crippen LogP contribution < -0.4 is 16.0 Å². The Balaban J connectivity index is 0.00000242. The first-order valence-electron chi connectivity index (χ1n) is 6.79. The first-order valence-corrected chi connectivity index (χ1v) is 7.55. The molecule has 0 aromatic heterocycles. The highest BCUT2D eigenvalue weighted by Gasteiger charge is 2.16. The van der Waals surface area contributed by atoms with Gasteiger partial charge in [-0.1, -0.05) is 23.2 Å². The van der Waals surface area contributed by atoms with Gasteiger partial charge in [-0.2, -0.15) is 0 Å². The number of hydrogen-bond acceptors (Lipinski definition) is 3. The van der Waals surface area contributed by atoms with Crippen LogP contribution in [0.5, 0.6) is 0 Å². The Hall–Kier alpha value is -1.01. The van der Waals surface area contributed by atoms with E-state index in [0.29, 0.717) is 15.6 Å². The average molecular weight is 367 g/mol. The fourth-order valence-electron chi connectivity index (χ4n) is 2.15. The van der Waals surface area contributed by atoms with Crippen molar-refractivity contribution in [2.45, 2.75) is 18.9 Å². The molecule has 1 heterocycles. The minimum atomic E-state index is -0.356. The molecule has 1 aromatic carbocycles. The van der Waals surface area contributed by atoms with Crippen LogP contribution >= 0.6 is 35.6 Å². The van der Waals surface area contributed by atoms with Crippen molar-refractivity contribution in [1.82, 2.24) is 16.0 Å². The number of amides is 2. The molecule has 0 spiro atoms. The van der Waals surface area contributed by atoms with Crippen molar-refractivity contribution >= 4 is 47.4 Å². The second kappa shape index (κ2) is 9.20. The van der Waals surface area contributed by atoms with Crippen LogP contribution in [0.25, 0.3) is 0 Å². The van der Waals surface area contributed by atoms with Gasteiger partial charge in [-0.15, -0.1) is 12.4 Å². The molecule has 1 aliphatic rings. The Morgan fingerprint density at radius 1 is 1.27 bits per heavy atom. The van der Waals surface area contributed by atoms with Crippen molar-refractivity contribution in [1.29, 1.82) is 0 Å². The summed E-state index contributed by atoms with van der Waals surface area (Å²) in [6, 6.07) is 4.72. The fraction of sp³-hybridized carbons (Fsp3) is 0.429. The monoisotopic (exact) mass is 365 g/mol. The molecule has 1 fully saturated rings. The molecular weight excluding hydrogens is 349 g/mol. The molecule has 0 aliphatic carbocycles. The predicted octanol–water partition coefficient (Wildman–Crippen LogP) is 2.01. The second-order valence-electron chi connectivity index (χ2n) is 4.92. The second-order valence-corrected chi connectivity index (χ2v) is 5.74. The minimum Gasteiger partial charge on any atom is -0.351 e. The third-order valence-corrected chi connectivity index (χ3v) is 3.99. The molecule has 5 nitrogen and oxygen atoms in total. The Bertz CT molecular complexity index is 534. The van der Waals surface area contributed by atoms with E-state index in [0.717, 1.165) is 25.9 Å². The number of hydrogen-bond donors (Lipinski definition) is 3. The van der Waals surface area contributed by atoms with E-state index in [1.807, 2.05) is 0 Å². The molecule has 1 aromatic rings. The maximum atomic E-state index is 11.9. The van der Waals surface area contributed by atoms with Crippen LogP contribution in [-0.4, -0.2) is 37.5 Å². The van der Waals surface area contributed by atoms with Crippen molar-refractivity contribution in [2.75, 3.05) is 19.6 Å². The molecular formula is C14H18Cl3N3O2. The summed E-state index contributed by atoms with van der Waals surface area (Å²) < 4.78 is 0. The number of rotatable bonds is 4. The van der Waals surface area contributed by atoms with Crippen molar-refractivity contribution in [2.24, 2.45) is 0 Å². The number of halogens is 3. The molecule has 1 saturated heterocycles. The van der Waals surface area contributed by atoms with E-state index in [2.05, 4.69) is 16.0 Å². The summed E-state index contributed by atoms with van der Waals surface area (Å²) in [5, 5.41) is 9.35. The molecule has 8 heteroatoms. The standard InChI is InChI=1S/C14H17Cl2N3O2.ClH/c15-11-4-3-9(6-12(11)16)14(21)18-8-13(20)19-10-2-1-5-17-7-10;/h3-4,6,10,17H,1-2,5,7-8H2,(H,18,21)(H,19,20);1H. The molecule has 1 atom stereocenters.